The van der Waals surface area contributed by atoms with Crippen LogP contribution >= 0.6 is 11.8 Å². The molecule has 0 saturated carbocycles. The first-order valence-corrected chi connectivity index (χ1v) is 5.77. The summed E-state index contributed by atoms with van der Waals surface area (Å²) in [5.74, 6) is 2.69. The molecule has 0 aliphatic rings. The molecule has 1 aromatic rings. The second-order valence-electron chi connectivity index (χ2n) is 3.24. The lowest BCUT2D eigenvalue weighted by Gasteiger charge is -2.05. The zero-order valence-electron chi connectivity index (χ0n) is 8.82. The van der Waals surface area contributed by atoms with E-state index in [2.05, 4.69) is 28.8 Å². The number of aromatic nitrogens is 3. The molecule has 5 heteroatoms. The molecule has 0 aliphatic carbocycles. The topological polar surface area (TPSA) is 64.7 Å². The third kappa shape index (κ3) is 3.49. The SMILES string of the molecule is CCc1nc(N)nc(CSC(C)C)n1. The van der Waals surface area contributed by atoms with Crippen LogP contribution in [0.5, 0.6) is 0 Å². The minimum atomic E-state index is 0.330. The summed E-state index contributed by atoms with van der Waals surface area (Å²) in [6.07, 6.45) is 0.798. The van der Waals surface area contributed by atoms with Crippen LogP contribution < -0.4 is 5.73 Å². The van der Waals surface area contributed by atoms with Gasteiger partial charge in [-0.2, -0.15) is 21.7 Å². The summed E-state index contributed by atoms with van der Waals surface area (Å²) in [5.41, 5.74) is 5.57. The predicted molar refractivity (Wildman–Crippen MR) is 60.0 cm³/mol. The van der Waals surface area contributed by atoms with Crippen molar-refractivity contribution >= 4 is 17.7 Å². The van der Waals surface area contributed by atoms with Crippen LogP contribution in [-0.2, 0) is 12.2 Å². The molecule has 0 aromatic carbocycles. The van der Waals surface area contributed by atoms with Crippen molar-refractivity contribution in [2.75, 3.05) is 5.73 Å². The van der Waals surface area contributed by atoms with Crippen LogP contribution in [0.1, 0.15) is 32.4 Å². The first-order chi connectivity index (χ1) is 6.61. The fourth-order valence-electron chi connectivity index (χ4n) is 0.952. The number of nitrogen functional groups attached to an aromatic ring is 1. The highest BCUT2D eigenvalue weighted by Crippen LogP contribution is 2.14. The number of nitrogens with zero attached hydrogens (tertiary/aromatic N) is 3. The Kier molecular flexibility index (Phi) is 4.13. The van der Waals surface area contributed by atoms with Crippen molar-refractivity contribution < 1.29 is 0 Å². The van der Waals surface area contributed by atoms with Gasteiger partial charge in [-0.1, -0.05) is 20.8 Å². The molecule has 0 saturated heterocycles. The van der Waals surface area contributed by atoms with Gasteiger partial charge in [0.15, 0.2) is 0 Å². The van der Waals surface area contributed by atoms with Gasteiger partial charge in [0, 0.05) is 6.42 Å². The molecule has 1 aromatic heterocycles. The van der Waals surface area contributed by atoms with Crippen molar-refractivity contribution in [1.29, 1.82) is 0 Å². The lowest BCUT2D eigenvalue weighted by Crippen LogP contribution is -2.06. The van der Waals surface area contributed by atoms with Gasteiger partial charge in [0.05, 0.1) is 5.75 Å². The van der Waals surface area contributed by atoms with Crippen LogP contribution in [-0.4, -0.2) is 20.2 Å². The summed E-state index contributed by atoms with van der Waals surface area (Å²) in [4.78, 5) is 12.4. The van der Waals surface area contributed by atoms with Crippen LogP contribution in [0.25, 0.3) is 0 Å². The first-order valence-electron chi connectivity index (χ1n) is 4.72. The van der Waals surface area contributed by atoms with E-state index in [4.69, 9.17) is 5.73 Å². The van der Waals surface area contributed by atoms with E-state index >= 15 is 0 Å². The Balaban J connectivity index is 2.71. The fraction of sp³-hybridized carbons (Fsp3) is 0.667. The molecule has 0 amide bonds. The third-order valence-electron chi connectivity index (χ3n) is 1.61. The third-order valence-corrected chi connectivity index (χ3v) is 2.70. The molecule has 4 nitrogen and oxygen atoms in total. The summed E-state index contributed by atoms with van der Waals surface area (Å²) >= 11 is 1.80. The number of rotatable bonds is 4. The number of hydrogen-bond donors (Lipinski definition) is 1. The van der Waals surface area contributed by atoms with E-state index in [1.54, 1.807) is 11.8 Å². The van der Waals surface area contributed by atoms with E-state index in [0.29, 0.717) is 11.2 Å². The second-order valence-corrected chi connectivity index (χ2v) is 4.80. The second kappa shape index (κ2) is 5.14. The summed E-state index contributed by atoms with van der Waals surface area (Å²) in [7, 11) is 0. The fourth-order valence-corrected chi connectivity index (χ4v) is 1.56. The molecule has 2 N–H and O–H groups in total. The summed E-state index contributed by atoms with van der Waals surface area (Å²) in [6.45, 7) is 6.31. The Bertz CT molecular complexity index is 301. The van der Waals surface area contributed by atoms with Gasteiger partial charge in [0.25, 0.3) is 0 Å². The number of hydrogen-bond acceptors (Lipinski definition) is 5. The maximum absolute atomic E-state index is 5.57. The molecule has 14 heavy (non-hydrogen) atoms. The molecule has 1 rings (SSSR count). The summed E-state index contributed by atoms with van der Waals surface area (Å²) in [5, 5.41) is 0.582. The molecular weight excluding hydrogens is 196 g/mol. The molecule has 0 spiro atoms. The Morgan fingerprint density at radius 3 is 2.43 bits per heavy atom. The molecule has 0 bridgehead atoms. The Labute approximate surface area is 88.7 Å². The largest absolute Gasteiger partial charge is 0.368 e. The lowest BCUT2D eigenvalue weighted by molar-refractivity contribution is 0.865. The summed E-state index contributed by atoms with van der Waals surface area (Å²) in [6, 6.07) is 0. The van der Waals surface area contributed by atoms with E-state index in [1.807, 2.05) is 6.92 Å². The average Bonchev–Trinajstić information content (AvgIpc) is 2.14. The van der Waals surface area contributed by atoms with Gasteiger partial charge in [0.1, 0.15) is 11.6 Å². The van der Waals surface area contributed by atoms with Crippen LogP contribution in [0.2, 0.25) is 0 Å². The van der Waals surface area contributed by atoms with Crippen LogP contribution in [0, 0.1) is 0 Å². The molecule has 0 atom stereocenters. The van der Waals surface area contributed by atoms with Crippen molar-refractivity contribution in [2.24, 2.45) is 0 Å². The van der Waals surface area contributed by atoms with Gasteiger partial charge in [-0.25, -0.2) is 4.98 Å². The molecular formula is C9H16N4S. The van der Waals surface area contributed by atoms with E-state index in [0.717, 1.165) is 23.8 Å². The van der Waals surface area contributed by atoms with E-state index in [1.165, 1.54) is 0 Å². The van der Waals surface area contributed by atoms with Gasteiger partial charge in [-0.3, -0.25) is 0 Å². The van der Waals surface area contributed by atoms with E-state index in [9.17, 15) is 0 Å². The minimum Gasteiger partial charge on any atom is -0.368 e. The highest BCUT2D eigenvalue weighted by molar-refractivity contribution is 7.99. The van der Waals surface area contributed by atoms with Crippen molar-refractivity contribution in [1.82, 2.24) is 15.0 Å². The lowest BCUT2D eigenvalue weighted by atomic mass is 10.4. The van der Waals surface area contributed by atoms with Crippen molar-refractivity contribution in [3.8, 4) is 0 Å². The van der Waals surface area contributed by atoms with Crippen LogP contribution in [0.15, 0.2) is 0 Å². The van der Waals surface area contributed by atoms with Crippen molar-refractivity contribution in [2.45, 2.75) is 38.2 Å². The van der Waals surface area contributed by atoms with Gasteiger partial charge in [-0.15, -0.1) is 0 Å². The Hall–Kier alpha value is -0.840. The summed E-state index contributed by atoms with van der Waals surface area (Å²) < 4.78 is 0. The Morgan fingerprint density at radius 1 is 1.21 bits per heavy atom. The van der Waals surface area contributed by atoms with Gasteiger partial charge < -0.3 is 5.73 Å². The monoisotopic (exact) mass is 212 g/mol. The maximum atomic E-state index is 5.57. The predicted octanol–water partition coefficient (Wildman–Crippen LogP) is 1.66. The highest BCUT2D eigenvalue weighted by Gasteiger charge is 2.04. The van der Waals surface area contributed by atoms with Crippen molar-refractivity contribution in [3.63, 3.8) is 0 Å². The molecule has 0 unspecified atom stereocenters. The molecule has 0 fully saturated rings. The van der Waals surface area contributed by atoms with E-state index in [-0.39, 0.29) is 0 Å². The normalized spacial score (nSPS) is 10.9. The minimum absolute atomic E-state index is 0.330. The zero-order chi connectivity index (χ0) is 10.6. The average molecular weight is 212 g/mol. The number of aryl methyl sites for hydroxylation is 1. The van der Waals surface area contributed by atoms with E-state index < -0.39 is 0 Å². The standard InChI is InChI=1S/C9H16N4S/c1-4-7-11-8(5-14-6(2)3)13-9(10)12-7/h6H,4-5H2,1-3H3,(H2,10,11,12,13). The smallest absolute Gasteiger partial charge is 0.223 e. The number of anilines is 1. The molecule has 0 radical (unpaired) electrons. The number of thioether (sulfide) groups is 1. The van der Waals surface area contributed by atoms with Crippen LogP contribution in [0.3, 0.4) is 0 Å². The zero-order valence-corrected chi connectivity index (χ0v) is 9.64. The van der Waals surface area contributed by atoms with Gasteiger partial charge in [0.2, 0.25) is 5.95 Å². The van der Waals surface area contributed by atoms with Crippen LogP contribution in [0.4, 0.5) is 5.95 Å². The number of nitrogens with two attached hydrogens (primary N) is 1. The maximum Gasteiger partial charge on any atom is 0.223 e. The van der Waals surface area contributed by atoms with Crippen molar-refractivity contribution in [3.05, 3.63) is 11.6 Å². The van der Waals surface area contributed by atoms with Gasteiger partial charge in [-0.05, 0) is 5.25 Å². The Morgan fingerprint density at radius 2 is 1.86 bits per heavy atom. The molecule has 78 valence electrons. The molecule has 1 heterocycles. The highest BCUT2D eigenvalue weighted by atomic mass is 32.2. The first kappa shape index (κ1) is 11.2. The molecule has 0 aliphatic heterocycles. The quantitative estimate of drug-likeness (QED) is 0.822. The van der Waals surface area contributed by atoms with Gasteiger partial charge >= 0.3 is 0 Å².